The Morgan fingerprint density at radius 1 is 0.286 bits per heavy atom. The van der Waals surface area contributed by atoms with Gasteiger partial charge in [-0.15, -0.1) is 0 Å². The van der Waals surface area contributed by atoms with E-state index >= 15 is 4.57 Å². The van der Waals surface area contributed by atoms with Crippen LogP contribution in [0.4, 0.5) is 0 Å². The average molecular weight is 1040 g/mol. The molecule has 0 heterocycles. The molecule has 11 aromatic rings. The molecule has 0 saturated carbocycles. The van der Waals surface area contributed by atoms with Crippen LogP contribution in [0.2, 0.25) is 0 Å². The molecule has 0 aromatic heterocycles. The second-order valence-corrected chi connectivity index (χ2v) is 24.6. The molecule has 0 fully saturated rings. The highest BCUT2D eigenvalue weighted by atomic mass is 31.2. The van der Waals surface area contributed by atoms with Gasteiger partial charge >= 0.3 is 0 Å². The van der Waals surface area contributed by atoms with Crippen LogP contribution in [0.15, 0.2) is 279 Å². The van der Waals surface area contributed by atoms with Gasteiger partial charge in [-0.05, 0) is 162 Å². The smallest absolute Gasteiger partial charge is 0.171 e. The summed E-state index contributed by atoms with van der Waals surface area (Å²) in [5.41, 5.74) is 7.73. The molecule has 0 radical (unpaired) electrons. The van der Waals surface area contributed by atoms with Crippen molar-refractivity contribution in [2.24, 2.45) is 0 Å². The second-order valence-electron chi connectivity index (χ2n) is 19.1. The Hall–Kier alpha value is -8.92. The van der Waals surface area contributed by atoms with E-state index in [1.807, 2.05) is 213 Å². The summed E-state index contributed by atoms with van der Waals surface area (Å²) in [6.45, 7) is 2.03. The molecule has 0 saturated heterocycles. The highest BCUT2D eigenvalue weighted by molar-refractivity contribution is 7.85. The van der Waals surface area contributed by atoms with E-state index in [-0.39, 0.29) is 0 Å². The predicted octanol–water partition coefficient (Wildman–Crippen LogP) is 15.0. The van der Waals surface area contributed by atoms with Crippen molar-refractivity contribution in [3.05, 3.63) is 307 Å². The number of fused-ring (bicyclic) bond motifs is 3. The fraction of sp³-hybridized carbons (Fsp3) is 0.0435. The van der Waals surface area contributed by atoms with Gasteiger partial charge in [-0.3, -0.25) is 0 Å². The maximum absolute atomic E-state index is 15.6. The summed E-state index contributed by atoms with van der Waals surface area (Å²) < 4.78 is 55.0. The molecule has 374 valence electrons. The van der Waals surface area contributed by atoms with E-state index in [2.05, 4.69) is 72.8 Å². The molecule has 8 heteroatoms. The largest absolute Gasteiger partial charge is 0.497 e. The van der Waals surface area contributed by atoms with Crippen LogP contribution in [0.1, 0.15) is 27.8 Å². The minimum Gasteiger partial charge on any atom is -0.497 e. The minimum atomic E-state index is -3.33. The molecular formula is C69H52O6P2. The number of rotatable bonds is 15. The zero-order chi connectivity index (χ0) is 52.4. The van der Waals surface area contributed by atoms with Crippen molar-refractivity contribution in [2.45, 2.75) is 12.3 Å². The number of benzene rings is 11. The minimum absolute atomic E-state index is 0.553. The Bertz CT molecular complexity index is 3890. The van der Waals surface area contributed by atoms with Crippen LogP contribution in [0.5, 0.6) is 40.2 Å². The van der Waals surface area contributed by atoms with Gasteiger partial charge in [0.15, 0.2) is 14.3 Å². The molecule has 6 nitrogen and oxygen atoms in total. The first-order chi connectivity index (χ1) is 37.7. The molecule has 0 amide bonds. The van der Waals surface area contributed by atoms with Crippen molar-refractivity contribution in [1.29, 1.82) is 0 Å². The maximum atomic E-state index is 15.6. The number of aryl methyl sites for hydroxylation is 1. The summed E-state index contributed by atoms with van der Waals surface area (Å²) in [6, 6.07) is 91.2. The highest BCUT2D eigenvalue weighted by Gasteiger charge is 2.46. The van der Waals surface area contributed by atoms with Gasteiger partial charge in [0, 0.05) is 31.8 Å². The van der Waals surface area contributed by atoms with Crippen LogP contribution < -0.4 is 50.8 Å². The van der Waals surface area contributed by atoms with Crippen LogP contribution in [-0.4, -0.2) is 7.11 Å². The molecule has 12 rings (SSSR count). The molecule has 2 atom stereocenters. The van der Waals surface area contributed by atoms with E-state index in [4.69, 9.17) is 18.9 Å². The van der Waals surface area contributed by atoms with Crippen molar-refractivity contribution in [1.82, 2.24) is 0 Å². The van der Waals surface area contributed by atoms with Gasteiger partial charge in [0.2, 0.25) is 0 Å². The predicted molar refractivity (Wildman–Crippen MR) is 313 cm³/mol. The van der Waals surface area contributed by atoms with Gasteiger partial charge < -0.3 is 28.1 Å². The van der Waals surface area contributed by atoms with Crippen LogP contribution in [0.3, 0.4) is 0 Å². The first-order valence-corrected chi connectivity index (χ1v) is 28.9. The van der Waals surface area contributed by atoms with Gasteiger partial charge in [-0.2, -0.15) is 0 Å². The third-order valence-electron chi connectivity index (χ3n) is 14.5. The van der Waals surface area contributed by atoms with Crippen molar-refractivity contribution < 1.29 is 28.1 Å². The van der Waals surface area contributed by atoms with Gasteiger partial charge in [-0.1, -0.05) is 163 Å². The van der Waals surface area contributed by atoms with E-state index in [9.17, 15) is 4.57 Å². The summed E-state index contributed by atoms with van der Waals surface area (Å²) in [6.07, 6.45) is 0. The molecule has 1 aliphatic rings. The summed E-state index contributed by atoms with van der Waals surface area (Å²) in [4.78, 5) is 0. The monoisotopic (exact) mass is 1040 g/mol. The van der Waals surface area contributed by atoms with Crippen LogP contribution in [-0.2, 0) is 14.5 Å². The SMILES string of the molecule is COc1ccc(C2(c3ccc(Oc4ccc(P(=O)(c5ccccc5)c5ccc(Oc6ccc(Oc7ccc(P(=O)(c8ccccc8)c8ccc(C)cc8)cc7)cc6)cc5)cc4)cc3)c3ccccc3-c3ccccc32)cc1. The number of hydrogen-bond donors (Lipinski definition) is 0. The Morgan fingerprint density at radius 3 is 0.883 bits per heavy atom. The maximum Gasteiger partial charge on any atom is 0.171 e. The van der Waals surface area contributed by atoms with E-state index in [1.54, 1.807) is 7.11 Å². The Morgan fingerprint density at radius 2 is 0.545 bits per heavy atom. The molecule has 0 aliphatic heterocycles. The second kappa shape index (κ2) is 20.7. The van der Waals surface area contributed by atoms with Gasteiger partial charge in [0.05, 0.1) is 12.5 Å². The molecule has 0 bridgehead atoms. The normalized spacial score (nSPS) is 13.7. The zero-order valence-corrected chi connectivity index (χ0v) is 44.2. The van der Waals surface area contributed by atoms with Crippen molar-refractivity contribution in [3.8, 4) is 51.4 Å². The lowest BCUT2D eigenvalue weighted by atomic mass is 9.68. The number of ether oxygens (including phenoxy) is 4. The third kappa shape index (κ3) is 9.06. The summed E-state index contributed by atoms with van der Waals surface area (Å²) >= 11 is 0. The third-order valence-corrected chi connectivity index (χ3v) is 20.7. The Balaban J connectivity index is 0.748. The van der Waals surface area contributed by atoms with E-state index in [0.29, 0.717) is 45.1 Å². The number of hydrogen-bond acceptors (Lipinski definition) is 6. The first kappa shape index (κ1) is 49.0. The Kier molecular flexibility index (Phi) is 13.1. The standard InChI is InChI=1S/C69H52O6P2/c1-49-21-41-61(42-22-49)76(70,59-13-5-3-6-14-59)62-43-37-57(38-44-62)74-54-31-33-55(34-32-54)75-58-39-47-64(48-40-58)77(71,60-15-7-4-8-16-60)63-45-35-56(36-46-63)73-53-29-25-51(26-30-53)69(50-23-27-52(72-2)28-24-50)67-19-11-9-17-65(67)66-18-10-12-20-68(66)69/h3-48H,1-2H3. The van der Waals surface area contributed by atoms with Gasteiger partial charge in [-0.25, -0.2) is 0 Å². The molecule has 0 spiro atoms. The molecule has 2 unspecified atom stereocenters. The van der Waals surface area contributed by atoms with E-state index in [0.717, 1.165) is 43.7 Å². The quantitative estimate of drug-likeness (QED) is 0.0953. The first-order valence-electron chi connectivity index (χ1n) is 25.5. The van der Waals surface area contributed by atoms with E-state index in [1.165, 1.54) is 22.3 Å². The molecule has 77 heavy (non-hydrogen) atoms. The van der Waals surface area contributed by atoms with Crippen LogP contribution in [0.25, 0.3) is 11.1 Å². The topological polar surface area (TPSA) is 71.1 Å². The number of methoxy groups -OCH3 is 1. The summed E-state index contributed by atoms with van der Waals surface area (Å²) in [5, 5.41) is 4.38. The van der Waals surface area contributed by atoms with Crippen molar-refractivity contribution in [3.63, 3.8) is 0 Å². The van der Waals surface area contributed by atoms with Crippen molar-refractivity contribution in [2.75, 3.05) is 7.11 Å². The van der Waals surface area contributed by atoms with Gasteiger partial charge in [0.1, 0.15) is 40.2 Å². The lowest BCUT2D eigenvalue weighted by molar-refractivity contribution is 0.414. The molecule has 11 aromatic carbocycles. The Labute approximate surface area is 449 Å². The molecule has 0 N–H and O–H groups in total. The average Bonchev–Trinajstić information content (AvgIpc) is 3.99. The fourth-order valence-corrected chi connectivity index (χ4v) is 16.0. The van der Waals surface area contributed by atoms with Crippen LogP contribution >= 0.6 is 14.3 Å². The summed E-state index contributed by atoms with van der Waals surface area (Å²) in [7, 11) is -4.76. The molecular weight excluding hydrogens is 987 g/mol. The lowest BCUT2D eigenvalue weighted by Crippen LogP contribution is -2.28. The van der Waals surface area contributed by atoms with Crippen LogP contribution in [0, 0.1) is 6.92 Å². The summed E-state index contributed by atoms with van der Waals surface area (Å²) in [5.74, 6) is 4.58. The molecule has 1 aliphatic carbocycles. The lowest BCUT2D eigenvalue weighted by Gasteiger charge is -2.34. The highest BCUT2D eigenvalue weighted by Crippen LogP contribution is 2.56. The fourth-order valence-electron chi connectivity index (χ4n) is 10.7. The van der Waals surface area contributed by atoms with E-state index < -0.39 is 19.7 Å². The van der Waals surface area contributed by atoms with Crippen molar-refractivity contribution >= 4 is 46.1 Å². The zero-order valence-electron chi connectivity index (χ0n) is 42.4. The van der Waals surface area contributed by atoms with Gasteiger partial charge in [0.25, 0.3) is 0 Å².